The first-order valence-electron chi connectivity index (χ1n) is 10.0. The highest BCUT2D eigenvalue weighted by molar-refractivity contribution is 5.85. The maximum absolute atomic E-state index is 12.1. The van der Waals surface area contributed by atoms with Gasteiger partial charge in [-0.2, -0.15) is 5.26 Å². The van der Waals surface area contributed by atoms with Crippen LogP contribution in [0.5, 0.6) is 0 Å². The van der Waals surface area contributed by atoms with Gasteiger partial charge in [-0.15, -0.1) is 0 Å². The van der Waals surface area contributed by atoms with E-state index in [1.165, 1.54) is 14.0 Å². The minimum absolute atomic E-state index is 0.0931. The predicted molar refractivity (Wildman–Crippen MR) is 116 cm³/mol. The van der Waals surface area contributed by atoms with Gasteiger partial charge in [-0.05, 0) is 35.3 Å². The van der Waals surface area contributed by atoms with E-state index >= 15 is 0 Å². The van der Waals surface area contributed by atoms with E-state index in [0.29, 0.717) is 6.42 Å². The number of pyridine rings is 1. The highest BCUT2D eigenvalue weighted by atomic mass is 16.5. The fourth-order valence-electron chi connectivity index (χ4n) is 3.87. The monoisotopic (exact) mass is 414 g/mol. The number of nitrogens with one attached hydrogen (secondary N) is 1. The number of carbonyl (C=O) groups excluding carboxylic acids is 2. The number of methoxy groups -OCH3 is 1. The van der Waals surface area contributed by atoms with Crippen molar-refractivity contribution in [1.29, 1.82) is 5.26 Å². The van der Waals surface area contributed by atoms with E-state index < -0.39 is 17.9 Å². The highest BCUT2D eigenvalue weighted by Crippen LogP contribution is 2.29. The molecule has 2 aromatic heterocycles. The summed E-state index contributed by atoms with van der Waals surface area (Å²) in [7, 11) is 1.34. The molecule has 2 aliphatic rings. The second-order valence-corrected chi connectivity index (χ2v) is 7.54. The Morgan fingerprint density at radius 1 is 1.26 bits per heavy atom. The van der Waals surface area contributed by atoms with Gasteiger partial charge in [0.15, 0.2) is 0 Å². The van der Waals surface area contributed by atoms with Crippen LogP contribution in [0.15, 0.2) is 61.0 Å². The molecule has 0 saturated carbocycles. The Kier molecular flexibility index (Phi) is 5.54. The molecule has 3 unspecified atom stereocenters. The third kappa shape index (κ3) is 4.05. The van der Waals surface area contributed by atoms with Crippen LogP contribution >= 0.6 is 0 Å². The molecule has 0 aromatic carbocycles. The Morgan fingerprint density at radius 3 is 2.74 bits per heavy atom. The topological polar surface area (TPSA) is 96.5 Å². The van der Waals surface area contributed by atoms with Crippen molar-refractivity contribution < 1.29 is 14.3 Å². The Balaban J connectivity index is 1.69. The number of nitrogens with zero attached hydrogens (tertiary/aromatic N) is 3. The number of carbonyl (C=O) groups is 2. The Hall–Kier alpha value is -3.92. The van der Waals surface area contributed by atoms with Crippen LogP contribution < -0.4 is 5.32 Å². The zero-order chi connectivity index (χ0) is 22.0. The first-order chi connectivity index (χ1) is 15.0. The molecule has 0 bridgehead atoms. The maximum atomic E-state index is 12.1. The van der Waals surface area contributed by atoms with Crippen molar-refractivity contribution in [3.63, 3.8) is 0 Å². The van der Waals surface area contributed by atoms with Crippen molar-refractivity contribution in [2.45, 2.75) is 19.4 Å². The molecule has 1 N–H and O–H groups in total. The van der Waals surface area contributed by atoms with Crippen molar-refractivity contribution in [2.24, 2.45) is 11.8 Å². The van der Waals surface area contributed by atoms with Gasteiger partial charge in [0, 0.05) is 13.1 Å². The summed E-state index contributed by atoms with van der Waals surface area (Å²) in [6.45, 7) is 1.42. The van der Waals surface area contributed by atoms with Crippen molar-refractivity contribution in [3.05, 3.63) is 72.2 Å². The molecule has 7 nitrogen and oxygen atoms in total. The number of rotatable bonds is 4. The van der Waals surface area contributed by atoms with E-state index in [4.69, 9.17) is 10.00 Å². The summed E-state index contributed by atoms with van der Waals surface area (Å²) in [6.07, 6.45) is 15.9. The highest BCUT2D eigenvalue weighted by Gasteiger charge is 2.29. The molecule has 2 aliphatic carbocycles. The van der Waals surface area contributed by atoms with E-state index in [0.717, 1.165) is 28.1 Å². The summed E-state index contributed by atoms with van der Waals surface area (Å²) < 4.78 is 6.88. The maximum Gasteiger partial charge on any atom is 0.314 e. The average Bonchev–Trinajstić information content (AvgIpc) is 3.21. The number of hydrogen-bond acceptors (Lipinski definition) is 5. The summed E-state index contributed by atoms with van der Waals surface area (Å²) >= 11 is 0. The molecule has 0 spiro atoms. The van der Waals surface area contributed by atoms with E-state index in [1.54, 1.807) is 6.08 Å². The van der Waals surface area contributed by atoms with Gasteiger partial charge in [-0.25, -0.2) is 4.98 Å². The Labute approximate surface area is 180 Å². The Bertz CT molecular complexity index is 1210. The molecular weight excluding hydrogens is 392 g/mol. The van der Waals surface area contributed by atoms with Crippen molar-refractivity contribution in [3.8, 4) is 6.07 Å². The molecule has 0 saturated heterocycles. The van der Waals surface area contributed by atoms with Crippen LogP contribution in [-0.4, -0.2) is 34.4 Å². The zero-order valence-corrected chi connectivity index (χ0v) is 17.3. The lowest BCUT2D eigenvalue weighted by Gasteiger charge is -2.25. The third-order valence-electron chi connectivity index (χ3n) is 5.47. The van der Waals surface area contributed by atoms with E-state index in [-0.39, 0.29) is 11.8 Å². The molecule has 3 atom stereocenters. The third-order valence-corrected chi connectivity index (χ3v) is 5.47. The number of esters is 1. The number of amides is 1. The summed E-state index contributed by atoms with van der Waals surface area (Å²) in [5.41, 5.74) is 4.58. The summed E-state index contributed by atoms with van der Waals surface area (Å²) in [4.78, 5) is 28.2. The van der Waals surface area contributed by atoms with Crippen LogP contribution in [0.2, 0.25) is 0 Å². The molecule has 2 heterocycles. The lowest BCUT2D eigenvalue weighted by Crippen LogP contribution is -2.41. The smallest absolute Gasteiger partial charge is 0.314 e. The molecule has 0 fully saturated rings. The van der Waals surface area contributed by atoms with Gasteiger partial charge in [-0.3, -0.25) is 14.0 Å². The number of nitriles is 1. The summed E-state index contributed by atoms with van der Waals surface area (Å²) in [5, 5.41) is 11.9. The molecule has 31 heavy (non-hydrogen) atoms. The van der Waals surface area contributed by atoms with Gasteiger partial charge >= 0.3 is 5.97 Å². The van der Waals surface area contributed by atoms with Crippen LogP contribution in [0.25, 0.3) is 16.8 Å². The molecule has 7 heteroatoms. The second-order valence-electron chi connectivity index (χ2n) is 7.54. The normalized spacial score (nSPS) is 22.4. The minimum atomic E-state index is -0.573. The average molecular weight is 414 g/mol. The standard InChI is InChI=1S/C24H22N4O3/c1-15(29)27-21-11-18(7-9-20(21)24(30)31-2)19-8-10-23-26-13-22(28(23)14-19)17-5-3-16(12-25)4-6-17/h3,5-11,13-14,16,20-21H,4H2,1-2H3,(H,27,29). The van der Waals surface area contributed by atoms with Crippen LogP contribution in [0.4, 0.5) is 0 Å². The lowest BCUT2D eigenvalue weighted by atomic mass is 9.89. The number of allylic oxidation sites excluding steroid dienone is 6. The van der Waals surface area contributed by atoms with Gasteiger partial charge < -0.3 is 10.1 Å². The molecule has 2 aromatic rings. The largest absolute Gasteiger partial charge is 0.468 e. The zero-order valence-electron chi connectivity index (χ0n) is 17.3. The van der Waals surface area contributed by atoms with Gasteiger partial charge in [0.05, 0.1) is 42.9 Å². The van der Waals surface area contributed by atoms with Crippen LogP contribution in [-0.2, 0) is 14.3 Å². The van der Waals surface area contributed by atoms with Crippen molar-refractivity contribution >= 4 is 28.7 Å². The van der Waals surface area contributed by atoms with E-state index in [9.17, 15) is 9.59 Å². The van der Waals surface area contributed by atoms with Gasteiger partial charge in [0.25, 0.3) is 0 Å². The minimum Gasteiger partial charge on any atom is -0.468 e. The second kappa shape index (κ2) is 8.44. The van der Waals surface area contributed by atoms with Crippen LogP contribution in [0.1, 0.15) is 24.6 Å². The fraction of sp³-hybridized carbons (Fsp3) is 0.250. The lowest BCUT2D eigenvalue weighted by molar-refractivity contribution is -0.144. The summed E-state index contributed by atoms with van der Waals surface area (Å²) in [6, 6.07) is 5.66. The van der Waals surface area contributed by atoms with E-state index in [1.807, 2.05) is 53.2 Å². The molecule has 0 radical (unpaired) electrons. The first-order valence-corrected chi connectivity index (χ1v) is 10.0. The Morgan fingerprint density at radius 2 is 2.06 bits per heavy atom. The summed E-state index contributed by atoms with van der Waals surface area (Å²) in [5.74, 6) is -1.28. The molecule has 4 rings (SSSR count). The van der Waals surface area contributed by atoms with Crippen molar-refractivity contribution in [2.75, 3.05) is 7.11 Å². The molecule has 1 amide bonds. The van der Waals surface area contributed by atoms with Gasteiger partial charge in [-0.1, -0.05) is 36.5 Å². The SMILES string of the molecule is COC(=O)C1C=CC(c2ccc3ncc(C4=CCC(C#N)C=C4)n3c2)=CC1NC(C)=O. The fourth-order valence-corrected chi connectivity index (χ4v) is 3.87. The number of imidazole rings is 1. The quantitative estimate of drug-likeness (QED) is 0.776. The van der Waals surface area contributed by atoms with E-state index in [2.05, 4.69) is 22.4 Å². The number of ether oxygens (including phenoxy) is 1. The molecular formula is C24H22N4O3. The number of hydrogen-bond donors (Lipinski definition) is 1. The number of aromatic nitrogens is 2. The molecule has 0 aliphatic heterocycles. The molecule has 156 valence electrons. The van der Waals surface area contributed by atoms with Gasteiger partial charge in [0.2, 0.25) is 5.91 Å². The van der Waals surface area contributed by atoms with Crippen molar-refractivity contribution in [1.82, 2.24) is 14.7 Å². The van der Waals surface area contributed by atoms with Crippen LogP contribution in [0.3, 0.4) is 0 Å². The predicted octanol–water partition coefficient (Wildman–Crippen LogP) is 3.06. The first kappa shape index (κ1) is 20.4. The number of fused-ring (bicyclic) bond motifs is 1. The van der Waals surface area contributed by atoms with Crippen LogP contribution in [0, 0.1) is 23.2 Å². The van der Waals surface area contributed by atoms with Gasteiger partial charge in [0.1, 0.15) is 5.65 Å².